The van der Waals surface area contributed by atoms with Crippen molar-refractivity contribution < 1.29 is 9.47 Å². The monoisotopic (exact) mass is 391 g/mol. The zero-order chi connectivity index (χ0) is 13.8. The molecule has 1 aromatic carbocycles. The van der Waals surface area contributed by atoms with E-state index in [1.165, 1.54) is 19.4 Å². The highest BCUT2D eigenvalue weighted by Gasteiger charge is 2.20. The van der Waals surface area contributed by atoms with E-state index in [0.29, 0.717) is 12.6 Å². The summed E-state index contributed by atoms with van der Waals surface area (Å²) >= 11 is 6.95. The predicted octanol–water partition coefficient (Wildman–Crippen LogP) is 4.08. The molecule has 1 heterocycles. The van der Waals surface area contributed by atoms with Crippen LogP contribution in [0.2, 0.25) is 0 Å². The number of methoxy groups -OCH3 is 1. The van der Waals surface area contributed by atoms with Crippen LogP contribution in [-0.2, 0) is 0 Å². The van der Waals surface area contributed by atoms with Gasteiger partial charge in [0, 0.05) is 10.5 Å². The van der Waals surface area contributed by atoms with Crippen LogP contribution in [0.5, 0.6) is 11.5 Å². The predicted molar refractivity (Wildman–Crippen MR) is 84.2 cm³/mol. The lowest BCUT2D eigenvalue weighted by molar-refractivity contribution is 0.227. The Balaban J connectivity index is 1.95. The lowest BCUT2D eigenvalue weighted by Gasteiger charge is -2.20. The lowest BCUT2D eigenvalue weighted by Crippen LogP contribution is -2.26. The van der Waals surface area contributed by atoms with Gasteiger partial charge in [0.25, 0.3) is 0 Å². The molecule has 1 aliphatic rings. The molecule has 1 saturated heterocycles. The van der Waals surface area contributed by atoms with Crippen molar-refractivity contribution in [1.82, 2.24) is 4.90 Å². The molecule has 0 bridgehead atoms. The average Bonchev–Trinajstić information content (AvgIpc) is 2.75. The minimum atomic E-state index is 0.654. The fraction of sp³-hybridized carbons (Fsp3) is 0.571. The molecule has 0 N–H and O–H groups in total. The summed E-state index contributed by atoms with van der Waals surface area (Å²) in [6.45, 7) is 1.92. The zero-order valence-corrected chi connectivity index (χ0v) is 14.5. The van der Waals surface area contributed by atoms with E-state index in [-0.39, 0.29) is 0 Å². The van der Waals surface area contributed by atoms with Crippen LogP contribution in [0.25, 0.3) is 0 Å². The molecule has 1 aromatic rings. The summed E-state index contributed by atoms with van der Waals surface area (Å²) in [5, 5.41) is 0. The third kappa shape index (κ3) is 3.86. The molecular formula is C14H19Br2NO2. The normalized spacial score (nSPS) is 19.7. The Hall–Kier alpha value is -0.260. The summed E-state index contributed by atoms with van der Waals surface area (Å²) in [6, 6.07) is 4.56. The van der Waals surface area contributed by atoms with Crippen LogP contribution in [0.1, 0.15) is 19.3 Å². The second-order valence-corrected chi connectivity index (χ2v) is 6.60. The van der Waals surface area contributed by atoms with E-state index >= 15 is 0 Å². The second kappa shape index (κ2) is 6.95. The summed E-state index contributed by atoms with van der Waals surface area (Å²) in [7, 11) is 3.85. The van der Waals surface area contributed by atoms with Gasteiger partial charge < -0.3 is 14.4 Å². The molecule has 5 heteroatoms. The first-order valence-corrected chi connectivity index (χ1v) is 8.06. The highest BCUT2D eigenvalue weighted by molar-refractivity contribution is 9.11. The maximum atomic E-state index is 5.89. The number of hydrogen-bond acceptors (Lipinski definition) is 3. The van der Waals surface area contributed by atoms with Crippen molar-refractivity contribution in [3.05, 3.63) is 21.1 Å². The van der Waals surface area contributed by atoms with Crippen LogP contribution in [0, 0.1) is 0 Å². The molecule has 19 heavy (non-hydrogen) atoms. The van der Waals surface area contributed by atoms with Gasteiger partial charge in [0.2, 0.25) is 0 Å². The van der Waals surface area contributed by atoms with E-state index in [2.05, 4.69) is 43.8 Å². The molecule has 0 saturated carbocycles. The zero-order valence-electron chi connectivity index (χ0n) is 11.3. The first-order chi connectivity index (χ1) is 9.11. The summed E-state index contributed by atoms with van der Waals surface area (Å²) in [4.78, 5) is 2.41. The maximum Gasteiger partial charge on any atom is 0.174 e. The van der Waals surface area contributed by atoms with Crippen molar-refractivity contribution in [3.63, 3.8) is 0 Å². The molecule has 106 valence electrons. The number of nitrogens with zero attached hydrogens (tertiary/aromatic N) is 1. The van der Waals surface area contributed by atoms with Gasteiger partial charge in [-0.1, -0.05) is 15.9 Å². The van der Waals surface area contributed by atoms with Gasteiger partial charge in [-0.2, -0.15) is 0 Å². The van der Waals surface area contributed by atoms with Crippen molar-refractivity contribution in [1.29, 1.82) is 0 Å². The summed E-state index contributed by atoms with van der Waals surface area (Å²) < 4.78 is 13.1. The molecule has 0 spiro atoms. The summed E-state index contributed by atoms with van der Waals surface area (Å²) in [6.07, 6.45) is 3.63. The number of rotatable bonds is 5. The molecular weight excluding hydrogens is 374 g/mol. The van der Waals surface area contributed by atoms with Gasteiger partial charge in [0.05, 0.1) is 18.2 Å². The van der Waals surface area contributed by atoms with Crippen LogP contribution in [-0.4, -0.2) is 38.3 Å². The lowest BCUT2D eigenvalue weighted by atomic mass is 10.1. The average molecular weight is 393 g/mol. The van der Waals surface area contributed by atoms with E-state index in [0.717, 1.165) is 26.9 Å². The van der Waals surface area contributed by atoms with Crippen LogP contribution in [0.4, 0.5) is 0 Å². The van der Waals surface area contributed by atoms with Gasteiger partial charge in [0.1, 0.15) is 0 Å². The topological polar surface area (TPSA) is 21.7 Å². The Bertz CT molecular complexity index is 440. The van der Waals surface area contributed by atoms with Gasteiger partial charge in [0.15, 0.2) is 11.5 Å². The van der Waals surface area contributed by atoms with Crippen molar-refractivity contribution in [2.75, 3.05) is 27.3 Å². The Kier molecular flexibility index (Phi) is 5.54. The highest BCUT2D eigenvalue weighted by atomic mass is 79.9. The minimum absolute atomic E-state index is 0.654. The third-order valence-corrected chi connectivity index (χ3v) is 4.61. The minimum Gasteiger partial charge on any atom is -0.492 e. The van der Waals surface area contributed by atoms with Gasteiger partial charge in [-0.3, -0.25) is 0 Å². The van der Waals surface area contributed by atoms with Crippen molar-refractivity contribution in [2.45, 2.75) is 25.3 Å². The van der Waals surface area contributed by atoms with Crippen molar-refractivity contribution in [3.8, 4) is 11.5 Å². The van der Waals surface area contributed by atoms with Gasteiger partial charge in [-0.15, -0.1) is 0 Å². The molecule has 1 atom stereocenters. The fourth-order valence-corrected chi connectivity index (χ4v) is 3.84. The largest absolute Gasteiger partial charge is 0.492 e. The third-order valence-electron chi connectivity index (χ3n) is 3.56. The molecule has 2 rings (SSSR count). The molecule has 0 amide bonds. The molecule has 0 aliphatic carbocycles. The fourth-order valence-electron chi connectivity index (χ4n) is 2.49. The first kappa shape index (κ1) is 15.1. The van der Waals surface area contributed by atoms with Crippen LogP contribution < -0.4 is 9.47 Å². The van der Waals surface area contributed by atoms with Gasteiger partial charge in [-0.25, -0.2) is 0 Å². The van der Waals surface area contributed by atoms with E-state index in [9.17, 15) is 0 Å². The maximum absolute atomic E-state index is 5.89. The molecule has 0 radical (unpaired) electrons. The molecule has 1 fully saturated rings. The number of hydrogen-bond donors (Lipinski definition) is 0. The molecule has 1 aliphatic heterocycles. The number of ether oxygens (including phenoxy) is 2. The van der Waals surface area contributed by atoms with E-state index in [1.54, 1.807) is 7.11 Å². The Morgan fingerprint density at radius 3 is 2.79 bits per heavy atom. The smallest absolute Gasteiger partial charge is 0.174 e. The van der Waals surface area contributed by atoms with E-state index < -0.39 is 0 Å². The number of halogens is 2. The Labute approximate surface area is 131 Å². The SMILES string of the molecule is COc1c(Br)cc(Br)cc1OCCC1CCCN1C. The Morgan fingerprint density at radius 2 is 2.16 bits per heavy atom. The molecule has 0 aromatic heterocycles. The quantitative estimate of drug-likeness (QED) is 0.753. The van der Waals surface area contributed by atoms with Crippen molar-refractivity contribution >= 4 is 31.9 Å². The standard InChI is InChI=1S/C14H19Br2NO2/c1-17-6-3-4-11(17)5-7-19-13-9-10(15)8-12(16)14(13)18-2/h8-9,11H,3-7H2,1-2H3. The Morgan fingerprint density at radius 1 is 1.37 bits per heavy atom. The summed E-state index contributed by atoms with van der Waals surface area (Å²) in [5.74, 6) is 1.53. The van der Waals surface area contributed by atoms with Crippen molar-refractivity contribution in [2.24, 2.45) is 0 Å². The van der Waals surface area contributed by atoms with Gasteiger partial charge >= 0.3 is 0 Å². The molecule has 3 nitrogen and oxygen atoms in total. The van der Waals surface area contributed by atoms with E-state index in [4.69, 9.17) is 9.47 Å². The number of benzene rings is 1. The van der Waals surface area contributed by atoms with E-state index in [1.807, 2.05) is 12.1 Å². The second-order valence-electron chi connectivity index (χ2n) is 4.83. The molecule has 1 unspecified atom stereocenters. The number of likely N-dealkylation sites (tertiary alicyclic amines) is 1. The van der Waals surface area contributed by atoms with Crippen LogP contribution >= 0.6 is 31.9 Å². The first-order valence-electron chi connectivity index (χ1n) is 6.48. The van der Waals surface area contributed by atoms with Crippen LogP contribution in [0.3, 0.4) is 0 Å². The summed E-state index contributed by atoms with van der Waals surface area (Å²) in [5.41, 5.74) is 0. The highest BCUT2D eigenvalue weighted by Crippen LogP contribution is 2.38. The van der Waals surface area contributed by atoms with Gasteiger partial charge in [-0.05, 0) is 60.9 Å². The van der Waals surface area contributed by atoms with Crippen LogP contribution in [0.15, 0.2) is 21.1 Å².